The fourth-order valence-electron chi connectivity index (χ4n) is 8.26. The summed E-state index contributed by atoms with van der Waals surface area (Å²) in [5.74, 6) is -1.89. The van der Waals surface area contributed by atoms with Crippen LogP contribution >= 0.6 is 15.8 Å². The van der Waals surface area contributed by atoms with Gasteiger partial charge in [0.1, 0.15) is 23.1 Å². The standard InChI is InChI=1S/C42H36N4O4P2/c47-35-25-26-36(48)44-40(30-17-7-2-8-18-30)51(39(43(35)44)29-15-5-1-6-16-29)33-23-13-14-24-34(33)52-41(31-19-9-3-10-20-31)45-37(49)27-28-38(50)46(45)42(52)32-21-11-4-12-22-32/h1-24,39-42H,25-28H2/t39-,40-,41-,42-/m0/s1. The van der Waals surface area contributed by atoms with Gasteiger partial charge in [-0.15, -0.1) is 0 Å². The largest absolute Gasteiger partial charge is 0.273 e. The molecule has 0 radical (unpaired) electrons. The zero-order valence-corrected chi connectivity index (χ0v) is 30.1. The van der Waals surface area contributed by atoms with Crippen LogP contribution in [0, 0.1) is 0 Å². The van der Waals surface area contributed by atoms with Gasteiger partial charge in [0.05, 0.1) is 0 Å². The Morgan fingerprint density at radius 2 is 0.538 bits per heavy atom. The van der Waals surface area contributed by atoms with Gasteiger partial charge >= 0.3 is 0 Å². The third-order valence-corrected chi connectivity index (χ3v) is 16.6. The number of carbonyl (C=O) groups is 4. The van der Waals surface area contributed by atoms with Crippen LogP contribution in [0.1, 0.15) is 71.1 Å². The number of hydrogen-bond acceptors (Lipinski definition) is 4. The summed E-state index contributed by atoms with van der Waals surface area (Å²) < 4.78 is 0. The summed E-state index contributed by atoms with van der Waals surface area (Å²) >= 11 is 0. The van der Waals surface area contributed by atoms with Crippen molar-refractivity contribution in [2.45, 2.75) is 48.8 Å². The maximum atomic E-state index is 14.1. The number of benzene rings is 5. The average molecular weight is 723 g/mol. The summed E-state index contributed by atoms with van der Waals surface area (Å²) in [7, 11) is -2.72. The lowest BCUT2D eigenvalue weighted by Crippen LogP contribution is -2.50. The minimum absolute atomic E-state index is 0.0628. The third-order valence-electron chi connectivity index (χ3n) is 10.4. The molecule has 5 aromatic rings. The molecule has 0 unspecified atom stereocenters. The van der Waals surface area contributed by atoms with Crippen molar-refractivity contribution >= 4 is 50.1 Å². The van der Waals surface area contributed by atoms with E-state index in [2.05, 4.69) is 60.7 Å². The molecule has 5 aromatic carbocycles. The minimum Gasteiger partial charge on any atom is -0.273 e. The topological polar surface area (TPSA) is 81.2 Å². The Hall–Kier alpha value is -5.16. The highest BCUT2D eigenvalue weighted by Gasteiger charge is 2.59. The Kier molecular flexibility index (Phi) is 8.45. The number of hydrogen-bond donors (Lipinski definition) is 0. The van der Waals surface area contributed by atoms with E-state index < -0.39 is 39.0 Å². The summed E-state index contributed by atoms with van der Waals surface area (Å²) in [6.07, 6.45) is 0.659. The van der Waals surface area contributed by atoms with Gasteiger partial charge in [-0.05, 0) is 48.7 Å². The molecule has 0 N–H and O–H groups in total. The van der Waals surface area contributed by atoms with E-state index in [-0.39, 0.29) is 49.3 Å². The Morgan fingerprint density at radius 3 is 0.769 bits per heavy atom. The summed E-state index contributed by atoms with van der Waals surface area (Å²) in [4.78, 5) is 56.3. The number of nitrogens with zero attached hydrogens (tertiary/aromatic N) is 4. The predicted molar refractivity (Wildman–Crippen MR) is 202 cm³/mol. The number of rotatable bonds is 6. The lowest BCUT2D eigenvalue weighted by molar-refractivity contribution is -0.171. The molecule has 4 atom stereocenters. The van der Waals surface area contributed by atoms with Crippen LogP contribution < -0.4 is 10.6 Å². The third kappa shape index (κ3) is 5.27. The molecule has 8 nitrogen and oxygen atoms in total. The lowest BCUT2D eigenvalue weighted by Gasteiger charge is -2.37. The maximum Gasteiger partial charge on any atom is 0.242 e. The van der Waals surface area contributed by atoms with Crippen molar-refractivity contribution in [3.63, 3.8) is 0 Å². The van der Waals surface area contributed by atoms with Gasteiger partial charge in [-0.25, -0.2) is 20.0 Å². The molecule has 4 aliphatic heterocycles. The van der Waals surface area contributed by atoms with Gasteiger partial charge in [-0.3, -0.25) is 19.2 Å². The maximum absolute atomic E-state index is 14.1. The van der Waals surface area contributed by atoms with E-state index in [9.17, 15) is 19.2 Å². The highest BCUT2D eigenvalue weighted by molar-refractivity contribution is 7.72. The first-order valence-corrected chi connectivity index (χ1v) is 20.6. The monoisotopic (exact) mass is 722 g/mol. The zero-order valence-electron chi connectivity index (χ0n) is 28.3. The van der Waals surface area contributed by atoms with Crippen molar-refractivity contribution in [1.29, 1.82) is 0 Å². The van der Waals surface area contributed by atoms with Gasteiger partial charge < -0.3 is 0 Å². The Morgan fingerprint density at radius 1 is 0.327 bits per heavy atom. The second-order valence-electron chi connectivity index (χ2n) is 13.4. The number of hydrazine groups is 2. The Labute approximate surface area is 305 Å². The highest BCUT2D eigenvalue weighted by atomic mass is 31.1. The highest BCUT2D eigenvalue weighted by Crippen LogP contribution is 2.73. The summed E-state index contributed by atoms with van der Waals surface area (Å²) in [6, 6.07) is 48.7. The average Bonchev–Trinajstić information content (AvgIpc) is 3.76. The van der Waals surface area contributed by atoms with Crippen LogP contribution in [0.5, 0.6) is 0 Å². The second kappa shape index (κ2) is 13.4. The molecule has 258 valence electrons. The minimum atomic E-state index is -1.36. The molecule has 9 rings (SSSR count). The van der Waals surface area contributed by atoms with Crippen LogP contribution in [0.2, 0.25) is 0 Å². The second-order valence-corrected chi connectivity index (χ2v) is 17.9. The van der Waals surface area contributed by atoms with Crippen molar-refractivity contribution < 1.29 is 19.2 Å². The molecule has 0 bridgehead atoms. The van der Waals surface area contributed by atoms with Gasteiger partial charge in [0, 0.05) is 25.7 Å². The van der Waals surface area contributed by atoms with Crippen molar-refractivity contribution in [1.82, 2.24) is 20.0 Å². The van der Waals surface area contributed by atoms with Crippen LogP contribution in [-0.4, -0.2) is 43.7 Å². The van der Waals surface area contributed by atoms with E-state index >= 15 is 0 Å². The first-order chi connectivity index (χ1) is 25.5. The van der Waals surface area contributed by atoms with Crippen molar-refractivity contribution in [3.05, 3.63) is 168 Å². The molecular weight excluding hydrogens is 686 g/mol. The van der Waals surface area contributed by atoms with E-state index in [1.807, 2.05) is 84.9 Å². The van der Waals surface area contributed by atoms with Gasteiger partial charge in [0.15, 0.2) is 0 Å². The number of fused-ring (bicyclic) bond motifs is 2. The Bertz CT molecular complexity index is 1870. The molecule has 52 heavy (non-hydrogen) atoms. The Balaban J connectivity index is 1.32. The molecule has 0 spiro atoms. The molecule has 4 aliphatic rings. The zero-order chi connectivity index (χ0) is 35.3. The lowest BCUT2D eigenvalue weighted by atomic mass is 10.1. The fraction of sp³-hybridized carbons (Fsp3) is 0.190. The predicted octanol–water partition coefficient (Wildman–Crippen LogP) is 7.46. The number of amides is 4. The quantitative estimate of drug-likeness (QED) is 0.171. The van der Waals surface area contributed by atoms with Gasteiger partial charge in [-0.2, -0.15) is 0 Å². The van der Waals surface area contributed by atoms with Gasteiger partial charge in [-0.1, -0.05) is 146 Å². The van der Waals surface area contributed by atoms with E-state index in [1.165, 1.54) is 0 Å². The van der Waals surface area contributed by atoms with Crippen molar-refractivity contribution in [2.75, 3.05) is 0 Å². The van der Waals surface area contributed by atoms with E-state index in [0.29, 0.717) is 0 Å². The fourth-order valence-corrected chi connectivity index (χ4v) is 15.6. The molecule has 10 heteroatoms. The first-order valence-electron chi connectivity index (χ1n) is 17.7. The van der Waals surface area contributed by atoms with Gasteiger partial charge in [0.2, 0.25) is 23.6 Å². The first kappa shape index (κ1) is 32.7. The van der Waals surface area contributed by atoms with Crippen LogP contribution in [0.4, 0.5) is 0 Å². The molecule has 0 aliphatic carbocycles. The van der Waals surface area contributed by atoms with Crippen LogP contribution in [0.3, 0.4) is 0 Å². The normalized spacial score (nSPS) is 23.7. The molecule has 4 heterocycles. The molecule has 4 fully saturated rings. The summed E-state index contributed by atoms with van der Waals surface area (Å²) in [5.41, 5.74) is 3.89. The molecule has 4 amide bonds. The van der Waals surface area contributed by atoms with Gasteiger partial charge in [0.25, 0.3) is 0 Å². The van der Waals surface area contributed by atoms with E-state index in [4.69, 9.17) is 0 Å². The van der Waals surface area contributed by atoms with Crippen LogP contribution in [-0.2, 0) is 19.2 Å². The molecular formula is C42H36N4O4P2. The number of carbonyl (C=O) groups excluding carboxylic acids is 4. The summed E-state index contributed by atoms with van der Waals surface area (Å²) in [6.45, 7) is 0. The van der Waals surface area contributed by atoms with Crippen LogP contribution in [0.15, 0.2) is 146 Å². The summed E-state index contributed by atoms with van der Waals surface area (Å²) in [5, 5.41) is 9.17. The van der Waals surface area contributed by atoms with E-state index in [0.717, 1.165) is 32.9 Å². The van der Waals surface area contributed by atoms with Crippen molar-refractivity contribution in [3.8, 4) is 0 Å². The van der Waals surface area contributed by atoms with E-state index in [1.54, 1.807) is 20.0 Å². The molecule has 0 aromatic heterocycles. The van der Waals surface area contributed by atoms with Crippen molar-refractivity contribution in [2.24, 2.45) is 0 Å². The SMILES string of the molecule is O=C1CCC(=O)N2[C@H](c3ccccc3)P(c3ccccc3P3[C@@H](c4ccccc4)N4C(=O)CCC(=O)N4[C@@H]3c3ccccc3)[C@@H](c3ccccc3)N12. The molecule has 4 saturated heterocycles. The molecule has 0 saturated carbocycles. The van der Waals surface area contributed by atoms with Crippen LogP contribution in [0.25, 0.3) is 0 Å². The smallest absolute Gasteiger partial charge is 0.242 e.